The molecule has 2 aliphatic rings. The highest BCUT2D eigenvalue weighted by Crippen LogP contribution is 2.27. The lowest BCUT2D eigenvalue weighted by molar-refractivity contribution is -0.136. The van der Waals surface area contributed by atoms with Crippen LogP contribution >= 0.6 is 11.6 Å². The summed E-state index contributed by atoms with van der Waals surface area (Å²) >= 11 is 6.15. The predicted octanol–water partition coefficient (Wildman–Crippen LogP) is 2.94. The van der Waals surface area contributed by atoms with Crippen LogP contribution in [0.25, 0.3) is 0 Å². The first-order valence-electron chi connectivity index (χ1n) is 8.51. The van der Waals surface area contributed by atoms with Crippen molar-refractivity contribution < 1.29 is 13.9 Å². The van der Waals surface area contributed by atoms with Gasteiger partial charge in [-0.25, -0.2) is 4.39 Å². The van der Waals surface area contributed by atoms with Crippen LogP contribution in [-0.2, 0) is 16.1 Å². The summed E-state index contributed by atoms with van der Waals surface area (Å²) in [4.78, 5) is 16.4. The Morgan fingerprint density at radius 1 is 1.38 bits per heavy atom. The van der Waals surface area contributed by atoms with E-state index in [2.05, 4.69) is 4.90 Å². The van der Waals surface area contributed by atoms with Crippen molar-refractivity contribution in [1.29, 1.82) is 0 Å². The molecular weight excluding hydrogens is 331 g/mol. The number of hydrogen-bond donors (Lipinski definition) is 0. The summed E-state index contributed by atoms with van der Waals surface area (Å²) in [5, 5.41) is 0.466. The maximum absolute atomic E-state index is 13.2. The Labute approximate surface area is 147 Å². The van der Waals surface area contributed by atoms with E-state index < -0.39 is 0 Å². The Hall–Kier alpha value is -1.17. The number of amides is 1. The first-order valence-corrected chi connectivity index (χ1v) is 8.89. The van der Waals surface area contributed by atoms with Crippen LogP contribution in [0, 0.1) is 11.7 Å². The number of fused-ring (bicyclic) bond motifs is 1. The molecule has 0 bridgehead atoms. The van der Waals surface area contributed by atoms with Crippen LogP contribution in [0.5, 0.6) is 0 Å². The van der Waals surface area contributed by atoms with Crippen molar-refractivity contribution in [2.45, 2.75) is 39.0 Å². The maximum atomic E-state index is 13.2. The zero-order valence-electron chi connectivity index (χ0n) is 14.2. The minimum Gasteiger partial charge on any atom is -0.368 e. The van der Waals surface area contributed by atoms with E-state index in [1.165, 1.54) is 12.1 Å². The van der Waals surface area contributed by atoms with E-state index in [-0.39, 0.29) is 30.5 Å². The summed E-state index contributed by atoms with van der Waals surface area (Å²) in [6.07, 6.45) is 1.04. The standard InChI is InChI=1S/C18H24ClFN2O2/c1-12(2)22-10-14-9-21(6-5-17(14)24-11-18(22)23)8-13-3-4-15(20)7-16(13)19/h3-4,7,12,14,17H,5-6,8-11H2,1-2H3/t14-,17+/m1/s1. The van der Waals surface area contributed by atoms with Crippen LogP contribution < -0.4 is 0 Å². The van der Waals surface area contributed by atoms with Gasteiger partial charge in [0, 0.05) is 43.2 Å². The third-order valence-electron chi connectivity index (χ3n) is 4.95. The molecule has 0 saturated carbocycles. The Morgan fingerprint density at radius 2 is 2.17 bits per heavy atom. The lowest BCUT2D eigenvalue weighted by Gasteiger charge is -2.38. The molecule has 1 aromatic carbocycles. The minimum absolute atomic E-state index is 0.0764. The zero-order chi connectivity index (χ0) is 17.3. The number of nitrogens with zero attached hydrogens (tertiary/aromatic N) is 2. The Kier molecular flexibility index (Phi) is 5.42. The molecule has 2 aliphatic heterocycles. The number of likely N-dealkylation sites (tertiary alicyclic amines) is 1. The highest BCUT2D eigenvalue weighted by Gasteiger charge is 2.36. The van der Waals surface area contributed by atoms with E-state index in [0.29, 0.717) is 17.5 Å². The summed E-state index contributed by atoms with van der Waals surface area (Å²) in [6.45, 7) is 7.43. The molecular formula is C18H24ClFN2O2. The smallest absolute Gasteiger partial charge is 0.248 e. The fourth-order valence-electron chi connectivity index (χ4n) is 3.63. The van der Waals surface area contributed by atoms with E-state index in [1.807, 2.05) is 18.7 Å². The fourth-order valence-corrected chi connectivity index (χ4v) is 3.86. The molecule has 0 spiro atoms. The van der Waals surface area contributed by atoms with Crippen molar-refractivity contribution in [3.63, 3.8) is 0 Å². The number of rotatable bonds is 3. The molecule has 2 fully saturated rings. The van der Waals surface area contributed by atoms with Crippen LogP contribution in [0.3, 0.4) is 0 Å². The highest BCUT2D eigenvalue weighted by atomic mass is 35.5. The lowest BCUT2D eigenvalue weighted by Crippen LogP contribution is -2.48. The Balaban J connectivity index is 1.68. The van der Waals surface area contributed by atoms with Gasteiger partial charge in [-0.1, -0.05) is 17.7 Å². The minimum atomic E-state index is -0.314. The van der Waals surface area contributed by atoms with E-state index in [4.69, 9.17) is 16.3 Å². The molecule has 1 amide bonds. The largest absolute Gasteiger partial charge is 0.368 e. The zero-order valence-corrected chi connectivity index (χ0v) is 14.9. The molecule has 0 aliphatic carbocycles. The number of hydrogen-bond acceptors (Lipinski definition) is 3. The first kappa shape index (κ1) is 17.6. The summed E-state index contributed by atoms with van der Waals surface area (Å²) in [7, 11) is 0. The predicted molar refractivity (Wildman–Crippen MR) is 91.4 cm³/mol. The molecule has 0 N–H and O–H groups in total. The molecule has 4 nitrogen and oxygen atoms in total. The molecule has 0 aromatic heterocycles. The van der Waals surface area contributed by atoms with Gasteiger partial charge in [0.25, 0.3) is 0 Å². The normalized spacial score (nSPS) is 25.7. The quantitative estimate of drug-likeness (QED) is 0.836. The summed E-state index contributed by atoms with van der Waals surface area (Å²) in [5.41, 5.74) is 0.933. The Morgan fingerprint density at radius 3 is 2.88 bits per heavy atom. The molecule has 2 saturated heterocycles. The van der Waals surface area contributed by atoms with Crippen molar-refractivity contribution in [2.24, 2.45) is 5.92 Å². The van der Waals surface area contributed by atoms with Gasteiger partial charge in [-0.2, -0.15) is 0 Å². The van der Waals surface area contributed by atoms with E-state index in [0.717, 1.165) is 31.6 Å². The van der Waals surface area contributed by atoms with Crippen molar-refractivity contribution in [1.82, 2.24) is 9.80 Å². The third kappa shape index (κ3) is 3.90. The number of ether oxygens (including phenoxy) is 1. The molecule has 3 rings (SSSR count). The van der Waals surface area contributed by atoms with E-state index in [9.17, 15) is 9.18 Å². The molecule has 0 unspecified atom stereocenters. The number of carbonyl (C=O) groups excluding carboxylic acids is 1. The molecule has 0 radical (unpaired) electrons. The third-order valence-corrected chi connectivity index (χ3v) is 5.31. The molecule has 132 valence electrons. The van der Waals surface area contributed by atoms with Gasteiger partial charge in [-0.05, 0) is 38.0 Å². The van der Waals surface area contributed by atoms with Gasteiger partial charge >= 0.3 is 0 Å². The number of piperidine rings is 1. The van der Waals surface area contributed by atoms with Gasteiger partial charge in [-0.15, -0.1) is 0 Å². The maximum Gasteiger partial charge on any atom is 0.248 e. The second kappa shape index (κ2) is 7.38. The molecule has 6 heteroatoms. The topological polar surface area (TPSA) is 32.8 Å². The van der Waals surface area contributed by atoms with Gasteiger partial charge in [0.05, 0.1) is 6.10 Å². The second-order valence-electron chi connectivity index (χ2n) is 7.01. The average Bonchev–Trinajstić information content (AvgIpc) is 2.69. The van der Waals surface area contributed by atoms with Gasteiger partial charge < -0.3 is 9.64 Å². The van der Waals surface area contributed by atoms with E-state index >= 15 is 0 Å². The van der Waals surface area contributed by atoms with Crippen molar-refractivity contribution in [2.75, 3.05) is 26.2 Å². The van der Waals surface area contributed by atoms with Crippen LogP contribution in [0.15, 0.2) is 18.2 Å². The summed E-state index contributed by atoms with van der Waals surface area (Å²) in [5.74, 6) is 0.0602. The van der Waals surface area contributed by atoms with Crippen LogP contribution in [-0.4, -0.2) is 54.1 Å². The molecule has 2 heterocycles. The van der Waals surface area contributed by atoms with Crippen molar-refractivity contribution in [3.8, 4) is 0 Å². The van der Waals surface area contributed by atoms with Gasteiger partial charge in [0.2, 0.25) is 5.91 Å². The van der Waals surface area contributed by atoms with Crippen LogP contribution in [0.4, 0.5) is 4.39 Å². The lowest BCUT2D eigenvalue weighted by atomic mass is 9.93. The van der Waals surface area contributed by atoms with Crippen molar-refractivity contribution >= 4 is 17.5 Å². The number of halogens is 2. The van der Waals surface area contributed by atoms with Gasteiger partial charge in [-0.3, -0.25) is 9.69 Å². The van der Waals surface area contributed by atoms with Crippen LogP contribution in [0.2, 0.25) is 5.02 Å². The SMILES string of the molecule is CC(C)N1C[C@H]2CN(Cc3ccc(F)cc3Cl)CC[C@@H]2OCC1=O. The second-order valence-corrected chi connectivity index (χ2v) is 7.42. The monoisotopic (exact) mass is 354 g/mol. The highest BCUT2D eigenvalue weighted by molar-refractivity contribution is 6.31. The molecule has 1 aromatic rings. The Bertz CT molecular complexity index is 611. The average molecular weight is 355 g/mol. The summed E-state index contributed by atoms with van der Waals surface area (Å²) < 4.78 is 19.0. The van der Waals surface area contributed by atoms with Crippen molar-refractivity contribution in [3.05, 3.63) is 34.6 Å². The molecule has 2 atom stereocenters. The fraction of sp³-hybridized carbons (Fsp3) is 0.611. The van der Waals surface area contributed by atoms with Crippen LogP contribution in [0.1, 0.15) is 25.8 Å². The van der Waals surface area contributed by atoms with Gasteiger partial charge in [0.15, 0.2) is 0 Å². The number of carbonyl (C=O) groups is 1. The first-order chi connectivity index (χ1) is 11.4. The summed E-state index contributed by atoms with van der Waals surface area (Å²) in [6, 6.07) is 4.73. The number of benzene rings is 1. The van der Waals surface area contributed by atoms with Gasteiger partial charge in [0.1, 0.15) is 12.4 Å². The van der Waals surface area contributed by atoms with E-state index in [1.54, 1.807) is 6.07 Å². The molecule has 24 heavy (non-hydrogen) atoms.